The van der Waals surface area contributed by atoms with Crippen LogP contribution in [-0.2, 0) is 0 Å². The predicted molar refractivity (Wildman–Crippen MR) is 94.8 cm³/mol. The molecule has 0 saturated carbocycles. The molecule has 20 heavy (non-hydrogen) atoms. The van der Waals surface area contributed by atoms with E-state index in [1.54, 1.807) is 0 Å². The molecule has 1 aromatic rings. The van der Waals surface area contributed by atoms with E-state index in [2.05, 4.69) is 68.8 Å². The van der Waals surface area contributed by atoms with Gasteiger partial charge in [-0.05, 0) is 35.0 Å². The second-order valence-electron chi connectivity index (χ2n) is 6.98. The summed E-state index contributed by atoms with van der Waals surface area (Å²) in [5.41, 5.74) is 2.64. The second-order valence-corrected chi connectivity index (χ2v) is 12.6. The molecule has 0 amide bonds. The highest BCUT2D eigenvalue weighted by molar-refractivity contribution is 6.86. The largest absolute Gasteiger partial charge is 0.447 e. The van der Waals surface area contributed by atoms with Crippen molar-refractivity contribution in [2.75, 3.05) is 0 Å². The Morgan fingerprint density at radius 2 is 1.70 bits per heavy atom. The molecular formula is C16H23BClNSi. The molecule has 106 valence electrons. The lowest BCUT2D eigenvalue weighted by atomic mass is 9.76. The first-order valence-corrected chi connectivity index (χ1v) is 10.4. The van der Waals surface area contributed by atoms with Gasteiger partial charge in [-0.2, -0.15) is 0 Å². The van der Waals surface area contributed by atoms with Gasteiger partial charge >= 0.3 is 0 Å². The molecule has 0 aliphatic carbocycles. The van der Waals surface area contributed by atoms with Gasteiger partial charge in [0, 0.05) is 5.02 Å². The third kappa shape index (κ3) is 3.04. The zero-order chi connectivity index (χ0) is 15.0. The Morgan fingerprint density at radius 1 is 1.10 bits per heavy atom. The van der Waals surface area contributed by atoms with E-state index >= 15 is 0 Å². The first-order valence-electron chi connectivity index (χ1n) is 7.12. The van der Waals surface area contributed by atoms with Crippen molar-refractivity contribution >= 4 is 32.7 Å². The molecule has 0 fully saturated rings. The van der Waals surface area contributed by atoms with Crippen molar-refractivity contribution in [3.8, 4) is 0 Å². The van der Waals surface area contributed by atoms with Crippen LogP contribution in [0.3, 0.4) is 0 Å². The average molecular weight is 304 g/mol. The maximum atomic E-state index is 5.97. The van der Waals surface area contributed by atoms with Crippen LogP contribution in [0.1, 0.15) is 26.3 Å². The zero-order valence-corrected chi connectivity index (χ0v) is 14.8. The minimum Gasteiger partial charge on any atom is -0.447 e. The highest BCUT2D eigenvalue weighted by atomic mass is 35.5. The lowest BCUT2D eigenvalue weighted by Crippen LogP contribution is -2.54. The van der Waals surface area contributed by atoms with Crippen LogP contribution in [0.4, 0.5) is 0 Å². The maximum Gasteiger partial charge on any atom is 0.261 e. The molecule has 0 saturated heterocycles. The minimum atomic E-state index is -1.51. The minimum absolute atomic E-state index is 0.347. The molecule has 4 heteroatoms. The monoisotopic (exact) mass is 303 g/mol. The molecule has 0 unspecified atom stereocenters. The van der Waals surface area contributed by atoms with Crippen molar-refractivity contribution in [3.05, 3.63) is 53.2 Å². The van der Waals surface area contributed by atoms with Crippen molar-refractivity contribution < 1.29 is 0 Å². The van der Waals surface area contributed by atoms with Gasteiger partial charge < -0.3 is 4.48 Å². The van der Waals surface area contributed by atoms with Gasteiger partial charge in [0.1, 0.15) is 8.24 Å². The van der Waals surface area contributed by atoms with Gasteiger partial charge in [0.25, 0.3) is 7.41 Å². The van der Waals surface area contributed by atoms with Crippen molar-refractivity contribution in [2.45, 2.75) is 38.9 Å². The Kier molecular flexibility index (Phi) is 4.22. The van der Waals surface area contributed by atoms with Crippen LogP contribution in [0, 0.1) is 0 Å². The van der Waals surface area contributed by atoms with E-state index in [4.69, 9.17) is 11.6 Å². The summed E-state index contributed by atoms with van der Waals surface area (Å²) in [5, 5.41) is 1.14. The van der Waals surface area contributed by atoms with E-state index in [-0.39, 0.29) is 0 Å². The Balaban J connectivity index is 2.24. The fourth-order valence-corrected chi connectivity index (χ4v) is 4.23. The summed E-state index contributed by atoms with van der Waals surface area (Å²) >= 11 is 5.97. The molecular weight excluding hydrogens is 281 g/mol. The molecule has 1 aromatic carbocycles. The topological polar surface area (TPSA) is 3.24 Å². The fourth-order valence-electron chi connectivity index (χ4n) is 2.22. The zero-order valence-electron chi connectivity index (χ0n) is 13.1. The van der Waals surface area contributed by atoms with Crippen molar-refractivity contribution in [2.24, 2.45) is 0 Å². The number of nitrogens with zero attached hydrogens (tertiary/aromatic N) is 1. The van der Waals surface area contributed by atoms with E-state index in [1.807, 2.05) is 12.1 Å². The van der Waals surface area contributed by atoms with Crippen molar-refractivity contribution in [1.82, 2.24) is 4.48 Å². The summed E-state index contributed by atoms with van der Waals surface area (Å²) in [7, 11) is -0.515. The van der Waals surface area contributed by atoms with Crippen molar-refractivity contribution in [3.63, 3.8) is 0 Å². The molecule has 0 radical (unpaired) electrons. The molecule has 1 heterocycles. The first kappa shape index (κ1) is 15.5. The molecule has 1 aliphatic heterocycles. The molecule has 1 aliphatic rings. The summed E-state index contributed by atoms with van der Waals surface area (Å²) in [5.74, 6) is 0. The lowest BCUT2D eigenvalue weighted by Gasteiger charge is -2.47. The van der Waals surface area contributed by atoms with E-state index in [1.165, 1.54) is 11.0 Å². The molecule has 1 nitrogen and oxygen atoms in total. The highest BCUT2D eigenvalue weighted by Crippen LogP contribution is 2.39. The first-order chi connectivity index (χ1) is 9.22. The summed E-state index contributed by atoms with van der Waals surface area (Å²) in [4.78, 5) is 0. The van der Waals surface area contributed by atoms with Crippen molar-refractivity contribution in [1.29, 1.82) is 0 Å². The van der Waals surface area contributed by atoms with Gasteiger partial charge in [-0.25, -0.2) is 0 Å². The van der Waals surface area contributed by atoms with Crippen LogP contribution >= 0.6 is 11.6 Å². The van der Waals surface area contributed by atoms with E-state index in [0.717, 1.165) is 12.4 Å². The predicted octanol–water partition coefficient (Wildman–Crippen LogP) is 4.87. The normalized spacial score (nSPS) is 15.9. The van der Waals surface area contributed by atoms with E-state index in [0.29, 0.717) is 5.04 Å². The third-order valence-electron chi connectivity index (χ3n) is 4.67. The lowest BCUT2D eigenvalue weighted by molar-refractivity contribution is 0.658. The van der Waals surface area contributed by atoms with Crippen LogP contribution in [0.25, 0.3) is 5.47 Å². The summed E-state index contributed by atoms with van der Waals surface area (Å²) in [6, 6.07) is 8.15. The molecule has 0 aromatic heterocycles. The highest BCUT2D eigenvalue weighted by Gasteiger charge is 2.40. The quantitative estimate of drug-likeness (QED) is 0.705. The SMILES string of the molecule is CC(C)(C)[Si](C)(C)N1BC(c2ccc(Cl)cc2)=CC=C1. The summed E-state index contributed by atoms with van der Waals surface area (Å²) in [6.07, 6.45) is 6.65. The number of halogens is 1. The van der Waals surface area contributed by atoms with Gasteiger partial charge in [-0.15, -0.1) is 0 Å². The number of hydrogen-bond donors (Lipinski definition) is 0. The molecule has 0 atom stereocenters. The molecule has 0 bridgehead atoms. The second kappa shape index (κ2) is 5.46. The summed E-state index contributed by atoms with van der Waals surface area (Å²) in [6.45, 7) is 12.0. The molecule has 2 rings (SSSR count). The Labute approximate surface area is 129 Å². The Hall–Kier alpha value is -0.928. The van der Waals surface area contributed by atoms with Gasteiger partial charge in [-0.1, -0.05) is 69.1 Å². The smallest absolute Gasteiger partial charge is 0.261 e. The fraction of sp³-hybridized carbons (Fsp3) is 0.375. The van der Waals surface area contributed by atoms with Crippen LogP contribution < -0.4 is 0 Å². The van der Waals surface area contributed by atoms with Crippen LogP contribution in [0.2, 0.25) is 23.2 Å². The van der Waals surface area contributed by atoms with Gasteiger partial charge in [-0.3, -0.25) is 0 Å². The molecule has 0 spiro atoms. The van der Waals surface area contributed by atoms with Crippen LogP contribution in [0.15, 0.2) is 42.6 Å². The number of benzene rings is 1. The van der Waals surface area contributed by atoms with E-state index in [9.17, 15) is 0 Å². The standard InChI is InChI=1S/C16H23BClNSi/c1-16(2,3)20(4,5)19-12-6-7-15(17-19)13-8-10-14(18)11-9-13/h6-12,17H,1-5H3. The third-order valence-corrected chi connectivity index (χ3v) is 10.3. The van der Waals surface area contributed by atoms with Gasteiger partial charge in [0.2, 0.25) is 0 Å². The Morgan fingerprint density at radius 3 is 2.25 bits per heavy atom. The van der Waals surface area contributed by atoms with Crippen LogP contribution in [-0.4, -0.2) is 20.1 Å². The maximum absolute atomic E-state index is 5.97. The number of hydrogen-bond acceptors (Lipinski definition) is 1. The average Bonchev–Trinajstić information content (AvgIpc) is 2.38. The van der Waals surface area contributed by atoms with Gasteiger partial charge in [0.05, 0.1) is 0 Å². The van der Waals surface area contributed by atoms with Gasteiger partial charge in [0.15, 0.2) is 0 Å². The van der Waals surface area contributed by atoms with E-state index < -0.39 is 8.24 Å². The summed E-state index contributed by atoms with van der Waals surface area (Å²) < 4.78 is 2.57. The van der Waals surface area contributed by atoms with Crippen LogP contribution in [0.5, 0.6) is 0 Å². The number of rotatable bonds is 2. The Bertz CT molecular complexity index is 541. The molecule has 0 N–H and O–H groups in total. The number of allylic oxidation sites excluding steroid dienone is 2.